The molecule has 0 aliphatic heterocycles. The van der Waals surface area contributed by atoms with Crippen LogP contribution in [0.4, 0.5) is 0 Å². The van der Waals surface area contributed by atoms with E-state index in [1.54, 1.807) is 0 Å². The van der Waals surface area contributed by atoms with Crippen LogP contribution >= 0.6 is 11.6 Å². The number of hydrogen-bond donors (Lipinski definition) is 1. The third kappa shape index (κ3) is 2.28. The van der Waals surface area contributed by atoms with Gasteiger partial charge in [-0.3, -0.25) is 0 Å². The quantitative estimate of drug-likeness (QED) is 0.525. The van der Waals surface area contributed by atoms with Crippen molar-refractivity contribution in [1.82, 2.24) is 0 Å². The highest BCUT2D eigenvalue weighted by Crippen LogP contribution is 2.43. The predicted octanol–water partition coefficient (Wildman–Crippen LogP) is -4.80. The maximum absolute atomic E-state index is 10.5. The minimum Gasteiger partial charge on any atom is -0.388 e. The fraction of sp³-hybridized carbons (Fsp3) is 0.200. The van der Waals surface area contributed by atoms with E-state index >= 15 is 0 Å². The second-order valence-electron chi connectivity index (χ2n) is 6.62. The molecule has 2 aromatic carbocycles. The molecule has 2 atom stereocenters. The molecule has 3 rings (SSSR count). The van der Waals surface area contributed by atoms with Crippen LogP contribution in [0.2, 0.25) is 5.02 Å². The van der Waals surface area contributed by atoms with Crippen molar-refractivity contribution in [2.45, 2.75) is 18.4 Å². The zero-order valence-corrected chi connectivity index (χ0v) is 14.7. The van der Waals surface area contributed by atoms with Crippen molar-refractivity contribution < 1.29 is 5.11 Å². The van der Waals surface area contributed by atoms with Crippen molar-refractivity contribution in [2.24, 2.45) is 0 Å². The molecule has 0 bridgehead atoms. The molecule has 0 heterocycles. The fourth-order valence-corrected chi connectivity index (χ4v) is 4.13. The normalized spacial score (nSPS) is 20.1. The lowest BCUT2D eigenvalue weighted by Crippen LogP contribution is -2.56. The SMILES string of the molecule is Bc1c(B)c(B)c(C2CC(O)c3cc(Cl)ccc32)c(B)c1B. The monoisotopic (exact) mass is 304 g/mol. The number of fused-ring (bicyclic) bond motifs is 1. The lowest BCUT2D eigenvalue weighted by molar-refractivity contribution is 0.176. The van der Waals surface area contributed by atoms with E-state index in [1.807, 2.05) is 12.1 Å². The molecule has 2 unspecified atom stereocenters. The highest BCUT2D eigenvalue weighted by molar-refractivity contribution is 6.67. The molecule has 22 heavy (non-hydrogen) atoms. The summed E-state index contributed by atoms with van der Waals surface area (Å²) < 4.78 is 0. The zero-order chi connectivity index (χ0) is 16.2. The molecule has 0 fully saturated rings. The van der Waals surface area contributed by atoms with E-state index in [2.05, 4.69) is 45.3 Å². The first-order valence-electron chi connectivity index (χ1n) is 7.87. The highest BCUT2D eigenvalue weighted by atomic mass is 35.5. The Kier molecular flexibility index (Phi) is 4.03. The molecule has 0 amide bonds. The van der Waals surface area contributed by atoms with Gasteiger partial charge in [0.25, 0.3) is 0 Å². The molecular formula is C15H18B5ClO. The molecule has 0 spiro atoms. The van der Waals surface area contributed by atoms with Crippen molar-refractivity contribution in [1.29, 1.82) is 0 Å². The molecule has 106 valence electrons. The van der Waals surface area contributed by atoms with Gasteiger partial charge >= 0.3 is 0 Å². The summed E-state index contributed by atoms with van der Waals surface area (Å²) in [6.07, 6.45) is 0.332. The van der Waals surface area contributed by atoms with Crippen LogP contribution < -0.4 is 27.3 Å². The lowest BCUT2D eigenvalue weighted by atomic mass is 9.58. The third-order valence-corrected chi connectivity index (χ3v) is 5.88. The minimum atomic E-state index is -0.417. The molecule has 0 saturated heterocycles. The topological polar surface area (TPSA) is 20.2 Å². The predicted molar refractivity (Wildman–Crippen MR) is 110 cm³/mol. The van der Waals surface area contributed by atoms with E-state index in [0.717, 1.165) is 12.0 Å². The van der Waals surface area contributed by atoms with Gasteiger partial charge < -0.3 is 5.11 Å². The summed E-state index contributed by atoms with van der Waals surface area (Å²) in [5.41, 5.74) is 10.5. The molecule has 7 heteroatoms. The summed E-state index contributed by atoms with van der Waals surface area (Å²) in [6.45, 7) is 0. The Morgan fingerprint density at radius 1 is 0.864 bits per heavy atom. The molecule has 1 nitrogen and oxygen atoms in total. The zero-order valence-electron chi connectivity index (χ0n) is 13.9. The number of benzene rings is 2. The van der Waals surface area contributed by atoms with Crippen LogP contribution in [-0.2, 0) is 0 Å². The molecule has 1 aliphatic carbocycles. The lowest BCUT2D eigenvalue weighted by Gasteiger charge is -2.25. The second-order valence-corrected chi connectivity index (χ2v) is 7.05. The van der Waals surface area contributed by atoms with Gasteiger partial charge in [0.2, 0.25) is 0 Å². The first-order valence-corrected chi connectivity index (χ1v) is 8.25. The standard InChI is InChI=1S/C15H18B5ClO/c16-11-10(12(17)14(19)15(20)13(11)18)8-4-9(22)7-3-5(21)1-2-6(7)8/h1-3,8-9,22H,4,16-20H2. The van der Waals surface area contributed by atoms with Crippen LogP contribution in [-0.4, -0.2) is 44.3 Å². The average Bonchev–Trinajstić information content (AvgIpc) is 2.80. The molecule has 1 N–H and O–H groups in total. The maximum Gasteiger partial charge on any atom is 0.138 e. The molecule has 1 aliphatic rings. The van der Waals surface area contributed by atoms with Gasteiger partial charge in [-0.15, -0.1) is 16.4 Å². The number of hydrogen-bond acceptors (Lipinski definition) is 1. The summed E-state index contributed by atoms with van der Waals surface area (Å²) >= 11 is 6.11. The Hall–Kier alpha value is -0.985. The van der Waals surface area contributed by atoms with Gasteiger partial charge in [-0.25, -0.2) is 0 Å². The van der Waals surface area contributed by atoms with Crippen LogP contribution in [0, 0.1) is 0 Å². The van der Waals surface area contributed by atoms with Gasteiger partial charge in [-0.2, -0.15) is 0 Å². The number of halogens is 1. The highest BCUT2D eigenvalue weighted by Gasteiger charge is 2.33. The second kappa shape index (κ2) is 5.58. The van der Waals surface area contributed by atoms with Crippen molar-refractivity contribution in [3.63, 3.8) is 0 Å². The minimum absolute atomic E-state index is 0.264. The summed E-state index contributed by atoms with van der Waals surface area (Å²) in [4.78, 5) is 0. The maximum atomic E-state index is 10.5. The largest absolute Gasteiger partial charge is 0.388 e. The van der Waals surface area contributed by atoms with Crippen LogP contribution in [0.1, 0.15) is 35.1 Å². The number of aliphatic hydroxyl groups is 1. The van der Waals surface area contributed by atoms with E-state index < -0.39 is 6.10 Å². The third-order valence-electron chi connectivity index (χ3n) is 5.65. The first-order chi connectivity index (χ1) is 10.3. The Labute approximate surface area is 141 Å². The van der Waals surface area contributed by atoms with E-state index in [4.69, 9.17) is 11.6 Å². The summed E-state index contributed by atoms with van der Waals surface area (Å²) in [6, 6.07) is 5.94. The summed E-state index contributed by atoms with van der Waals surface area (Å²) in [7, 11) is 11.0. The van der Waals surface area contributed by atoms with Gasteiger partial charge in [-0.1, -0.05) is 34.2 Å². The molecule has 0 saturated carbocycles. The van der Waals surface area contributed by atoms with E-state index in [1.165, 1.54) is 38.4 Å². The van der Waals surface area contributed by atoms with Gasteiger partial charge in [0.15, 0.2) is 0 Å². The van der Waals surface area contributed by atoms with Crippen LogP contribution in [0.3, 0.4) is 0 Å². The van der Waals surface area contributed by atoms with Crippen molar-refractivity contribution >= 4 is 78.1 Å². The molecule has 0 radical (unpaired) electrons. The number of rotatable bonds is 1. The van der Waals surface area contributed by atoms with Gasteiger partial charge in [0, 0.05) is 10.9 Å². The molecular weight excluding hydrogens is 286 g/mol. The van der Waals surface area contributed by atoms with Crippen LogP contribution in [0.15, 0.2) is 18.2 Å². The first kappa shape index (κ1) is 15.9. The van der Waals surface area contributed by atoms with E-state index in [0.29, 0.717) is 5.02 Å². The van der Waals surface area contributed by atoms with Gasteiger partial charge in [0.1, 0.15) is 39.2 Å². The van der Waals surface area contributed by atoms with Crippen LogP contribution in [0.25, 0.3) is 0 Å². The fourth-order valence-electron chi connectivity index (χ4n) is 3.95. The Bertz CT molecular complexity index is 748. The van der Waals surface area contributed by atoms with E-state index in [9.17, 15) is 5.11 Å². The van der Waals surface area contributed by atoms with Gasteiger partial charge in [-0.05, 0) is 29.7 Å². The summed E-state index contributed by atoms with van der Waals surface area (Å²) in [5, 5.41) is 11.2. The van der Waals surface area contributed by atoms with Crippen molar-refractivity contribution in [3.8, 4) is 0 Å². The Balaban J connectivity index is 2.23. The Morgan fingerprint density at radius 3 is 2.00 bits per heavy atom. The molecule has 2 aromatic rings. The van der Waals surface area contributed by atoms with Crippen molar-refractivity contribution in [3.05, 3.63) is 39.9 Å². The molecule has 0 aromatic heterocycles. The van der Waals surface area contributed by atoms with E-state index in [-0.39, 0.29) is 5.92 Å². The van der Waals surface area contributed by atoms with Crippen LogP contribution in [0.5, 0.6) is 0 Å². The average molecular weight is 304 g/mol. The van der Waals surface area contributed by atoms with Crippen molar-refractivity contribution in [2.75, 3.05) is 0 Å². The summed E-state index contributed by atoms with van der Waals surface area (Å²) in [5.74, 6) is 0.264. The number of aliphatic hydroxyl groups excluding tert-OH is 1. The Morgan fingerprint density at radius 2 is 1.41 bits per heavy atom. The van der Waals surface area contributed by atoms with Gasteiger partial charge in [0.05, 0.1) is 6.10 Å². The smallest absolute Gasteiger partial charge is 0.138 e.